The van der Waals surface area contributed by atoms with Gasteiger partial charge in [0.05, 0.1) is 11.7 Å². The van der Waals surface area contributed by atoms with Gasteiger partial charge in [-0.25, -0.2) is 4.79 Å². The third-order valence-electron chi connectivity index (χ3n) is 16.2. The fourth-order valence-electron chi connectivity index (χ4n) is 13.5. The van der Waals surface area contributed by atoms with Crippen molar-refractivity contribution in [1.29, 1.82) is 0 Å². The lowest BCUT2D eigenvalue weighted by atomic mass is 9.32. The van der Waals surface area contributed by atoms with Crippen molar-refractivity contribution in [2.24, 2.45) is 45.3 Å². The molecule has 0 amide bonds. The Morgan fingerprint density at radius 3 is 2.40 bits per heavy atom. The summed E-state index contributed by atoms with van der Waals surface area (Å²) >= 11 is 0. The van der Waals surface area contributed by atoms with Gasteiger partial charge in [-0.15, -0.1) is 0 Å². The van der Waals surface area contributed by atoms with Crippen LogP contribution in [0.4, 0.5) is 0 Å². The normalized spacial score (nSPS) is 38.8. The van der Waals surface area contributed by atoms with E-state index in [0.717, 1.165) is 44.1 Å². The minimum absolute atomic E-state index is 0.0691. The molecule has 1 aliphatic heterocycles. The summed E-state index contributed by atoms with van der Waals surface area (Å²) in [6, 6.07) is 10.7. The molecule has 1 heterocycles. The third kappa shape index (κ3) is 6.54. The highest BCUT2D eigenvalue weighted by Crippen LogP contribution is 2.75. The summed E-state index contributed by atoms with van der Waals surface area (Å²) in [7, 11) is 0. The Balaban J connectivity index is 1.25. The van der Waals surface area contributed by atoms with E-state index in [2.05, 4.69) is 63.3 Å². The van der Waals surface area contributed by atoms with Gasteiger partial charge in [0, 0.05) is 29.7 Å². The number of cyclic esters (lactones) is 1. The SMILES string of the molecule is CC(=O)O[C@@H]1C[C@]2(C)C=C[C@@H](CC[C@H](C)CCCc3ccccc3)[C@]3([C@@H]1[C@](C)(C1CCC4(CCCC4)CC1)CC[C@@H]3O)[C@@]2(O)CCC1=CC(=O)OC1. The maximum absolute atomic E-state index is 13.8. The van der Waals surface area contributed by atoms with Crippen LogP contribution in [0.25, 0.3) is 0 Å². The van der Waals surface area contributed by atoms with Crippen molar-refractivity contribution in [3.8, 4) is 0 Å². The summed E-state index contributed by atoms with van der Waals surface area (Å²) in [5.41, 5.74) is -0.308. The molecule has 1 aromatic rings. The highest BCUT2D eigenvalue weighted by atomic mass is 16.5. The number of carbonyl (C=O) groups excluding carboxylic acids is 2. The molecule has 6 aliphatic rings. The van der Waals surface area contributed by atoms with Crippen LogP contribution in [0.1, 0.15) is 142 Å². The van der Waals surface area contributed by atoms with Crippen molar-refractivity contribution >= 4 is 11.9 Å². The third-order valence-corrected chi connectivity index (χ3v) is 16.2. The lowest BCUT2D eigenvalue weighted by molar-refractivity contribution is -0.332. The first-order valence-electron chi connectivity index (χ1n) is 21.0. The summed E-state index contributed by atoms with van der Waals surface area (Å²) in [6.45, 7) is 8.74. The Hall–Kier alpha value is -2.44. The first kappa shape index (κ1) is 37.9. The maximum Gasteiger partial charge on any atom is 0.331 e. The Kier molecular flexibility index (Phi) is 10.7. The Labute approximate surface area is 313 Å². The smallest absolute Gasteiger partial charge is 0.331 e. The molecule has 0 aromatic heterocycles. The molecule has 2 bridgehead atoms. The summed E-state index contributed by atoms with van der Waals surface area (Å²) in [4.78, 5) is 25.1. The summed E-state index contributed by atoms with van der Waals surface area (Å²) in [6.07, 6.45) is 23.6. The van der Waals surface area contributed by atoms with Crippen molar-refractivity contribution < 1.29 is 29.3 Å². The number of carbonyl (C=O) groups is 2. The molecule has 6 nitrogen and oxygen atoms in total. The average Bonchev–Trinajstić information content (AvgIpc) is 3.75. The number of aryl methyl sites for hydroxylation is 1. The molecule has 6 heteroatoms. The Morgan fingerprint density at radius 2 is 1.73 bits per heavy atom. The van der Waals surface area contributed by atoms with Crippen LogP contribution >= 0.6 is 0 Å². The van der Waals surface area contributed by atoms with E-state index in [-0.39, 0.29) is 35.8 Å². The zero-order valence-corrected chi connectivity index (χ0v) is 32.5. The van der Waals surface area contributed by atoms with Crippen LogP contribution in [0.2, 0.25) is 0 Å². The van der Waals surface area contributed by atoms with Gasteiger partial charge in [0.25, 0.3) is 0 Å². The van der Waals surface area contributed by atoms with Gasteiger partial charge in [0.15, 0.2) is 0 Å². The summed E-state index contributed by atoms with van der Waals surface area (Å²) in [5, 5.41) is 26.7. The van der Waals surface area contributed by atoms with Gasteiger partial charge >= 0.3 is 11.9 Å². The molecule has 2 N–H and O–H groups in total. The predicted molar refractivity (Wildman–Crippen MR) is 204 cm³/mol. The minimum atomic E-state index is -1.27. The maximum atomic E-state index is 13.8. The number of hydrogen-bond acceptors (Lipinski definition) is 6. The van der Waals surface area contributed by atoms with Crippen molar-refractivity contribution in [3.63, 3.8) is 0 Å². The Morgan fingerprint density at radius 1 is 1.00 bits per heavy atom. The first-order chi connectivity index (χ1) is 24.8. The molecule has 0 radical (unpaired) electrons. The molecule has 0 saturated heterocycles. The molecular formula is C46H66O6. The lowest BCUT2D eigenvalue weighted by Gasteiger charge is -2.74. The number of hydrogen-bond donors (Lipinski definition) is 2. The molecule has 4 saturated carbocycles. The van der Waals surface area contributed by atoms with Crippen molar-refractivity contribution in [3.05, 3.63) is 59.7 Å². The monoisotopic (exact) mass is 714 g/mol. The van der Waals surface area contributed by atoms with Gasteiger partial charge in [0.1, 0.15) is 12.7 Å². The fraction of sp³-hybridized carbons (Fsp3) is 0.739. The second-order valence-corrected chi connectivity index (χ2v) is 19.0. The van der Waals surface area contributed by atoms with Crippen LogP contribution in [0.15, 0.2) is 54.1 Å². The van der Waals surface area contributed by atoms with Crippen molar-refractivity contribution in [1.82, 2.24) is 0 Å². The largest absolute Gasteiger partial charge is 0.462 e. The van der Waals surface area contributed by atoms with E-state index < -0.39 is 28.6 Å². The number of esters is 2. The van der Waals surface area contributed by atoms with E-state index in [9.17, 15) is 19.8 Å². The van der Waals surface area contributed by atoms with Crippen LogP contribution in [0.3, 0.4) is 0 Å². The van der Waals surface area contributed by atoms with E-state index in [4.69, 9.17) is 9.47 Å². The van der Waals surface area contributed by atoms with Crippen LogP contribution in [0, 0.1) is 45.3 Å². The molecule has 1 aromatic carbocycles. The molecule has 4 fully saturated rings. The average molecular weight is 715 g/mol. The van der Waals surface area contributed by atoms with Gasteiger partial charge in [0.2, 0.25) is 0 Å². The van der Waals surface area contributed by atoms with E-state index >= 15 is 0 Å². The molecule has 2 spiro atoms. The summed E-state index contributed by atoms with van der Waals surface area (Å²) < 4.78 is 11.8. The Bertz CT molecular complexity index is 1500. The fourth-order valence-corrected chi connectivity index (χ4v) is 13.5. The van der Waals surface area contributed by atoms with E-state index in [1.165, 1.54) is 63.9 Å². The zero-order chi connectivity index (χ0) is 36.8. The van der Waals surface area contributed by atoms with E-state index in [1.807, 2.05) is 0 Å². The van der Waals surface area contributed by atoms with E-state index in [0.29, 0.717) is 42.9 Å². The van der Waals surface area contributed by atoms with Crippen molar-refractivity contribution in [2.45, 2.75) is 161 Å². The number of benzene rings is 1. The quantitative estimate of drug-likeness (QED) is 0.166. The van der Waals surface area contributed by atoms with Crippen LogP contribution in [-0.4, -0.2) is 46.6 Å². The van der Waals surface area contributed by atoms with Gasteiger partial charge in [-0.3, -0.25) is 4.79 Å². The topological polar surface area (TPSA) is 93.1 Å². The minimum Gasteiger partial charge on any atom is -0.462 e. The highest BCUT2D eigenvalue weighted by Gasteiger charge is 2.78. The first-order valence-corrected chi connectivity index (χ1v) is 21.0. The lowest BCUT2D eigenvalue weighted by Crippen LogP contribution is -2.79. The predicted octanol–water partition coefficient (Wildman–Crippen LogP) is 9.46. The standard InChI is InChI=1S/C46H66O6/c1-32(11-10-14-34-12-6-5-7-13-34)15-16-37-18-24-42(3)30-38(52-33(2)47)41-43(4,36-19-26-44(27-20-36)22-8-9-23-44)25-21-39(48)46(37,41)45(42,50)28-17-35-29-40(49)51-31-35/h5-7,12-13,18,24,29,32,36-39,41,48,50H,8-11,14-17,19-23,25-28,30-31H2,1-4H3/t32-,37-,38-,39+,41+,42+,43+,45-,46+/m1/s1. The number of fused-ring (bicyclic) bond motifs is 1. The zero-order valence-electron chi connectivity index (χ0n) is 32.5. The van der Waals surface area contributed by atoms with Gasteiger partial charge in [-0.2, -0.15) is 0 Å². The van der Waals surface area contributed by atoms with Gasteiger partial charge in [-0.05, 0) is 130 Å². The van der Waals surface area contributed by atoms with Gasteiger partial charge < -0.3 is 19.7 Å². The number of rotatable bonds is 12. The van der Waals surface area contributed by atoms with Crippen molar-refractivity contribution in [2.75, 3.05) is 6.61 Å². The van der Waals surface area contributed by atoms with Crippen LogP contribution in [-0.2, 0) is 25.5 Å². The van der Waals surface area contributed by atoms with Gasteiger partial charge in [-0.1, -0.05) is 88.9 Å². The molecule has 5 aliphatic carbocycles. The molecule has 52 heavy (non-hydrogen) atoms. The number of aliphatic hydroxyl groups is 2. The van der Waals surface area contributed by atoms with E-state index in [1.54, 1.807) is 6.08 Å². The molecule has 9 atom stereocenters. The van der Waals surface area contributed by atoms with Crippen LogP contribution < -0.4 is 0 Å². The summed E-state index contributed by atoms with van der Waals surface area (Å²) in [5.74, 6) is 0.104. The molecule has 0 unspecified atom stereocenters. The number of aliphatic hydroxyl groups excluding tert-OH is 1. The molecule has 7 rings (SSSR count). The number of allylic oxidation sites excluding steroid dienone is 1. The highest BCUT2D eigenvalue weighted by molar-refractivity contribution is 5.85. The van der Waals surface area contributed by atoms with Crippen LogP contribution in [0.5, 0.6) is 0 Å². The number of ether oxygens (including phenoxy) is 2. The molecule has 286 valence electrons. The second kappa shape index (κ2) is 14.7. The molecular weight excluding hydrogens is 649 g/mol. The second-order valence-electron chi connectivity index (χ2n) is 19.0.